The number of halogens is 2. The Balaban J connectivity index is 1.87. The lowest BCUT2D eigenvalue weighted by Gasteiger charge is -2.12. The summed E-state index contributed by atoms with van der Waals surface area (Å²) in [6.07, 6.45) is 0. The Labute approximate surface area is 148 Å². The van der Waals surface area contributed by atoms with Gasteiger partial charge in [0.2, 0.25) is 0 Å². The molecular weight excluding hydrogens is 342 g/mol. The lowest BCUT2D eigenvalue weighted by molar-refractivity contribution is -0.0511. The Bertz CT molecular complexity index is 967. The predicted molar refractivity (Wildman–Crippen MR) is 95.4 cm³/mol. The molecule has 2 aromatic carbocycles. The first kappa shape index (κ1) is 17.7. The normalized spacial score (nSPS) is 11.0. The van der Waals surface area contributed by atoms with Crippen LogP contribution in [0.2, 0.25) is 0 Å². The number of hydrogen-bond donors (Lipinski definition) is 2. The highest BCUT2D eigenvalue weighted by Gasteiger charge is 2.15. The summed E-state index contributed by atoms with van der Waals surface area (Å²) in [4.78, 5) is 15.6. The van der Waals surface area contributed by atoms with Crippen LogP contribution in [-0.4, -0.2) is 24.6 Å². The summed E-state index contributed by atoms with van der Waals surface area (Å²) in [6.45, 7) is 0.965. The maximum absolute atomic E-state index is 12.5. The van der Waals surface area contributed by atoms with Gasteiger partial charge in [-0.25, -0.2) is 0 Å². The van der Waals surface area contributed by atoms with Crippen molar-refractivity contribution in [2.24, 2.45) is 0 Å². The van der Waals surface area contributed by atoms with Crippen molar-refractivity contribution < 1.29 is 23.0 Å². The van der Waals surface area contributed by atoms with Gasteiger partial charge in [0.15, 0.2) is 11.5 Å². The molecular formula is C19H18F2N2O3. The van der Waals surface area contributed by atoms with Gasteiger partial charge < -0.3 is 19.8 Å². The molecule has 2 N–H and O–H groups in total. The van der Waals surface area contributed by atoms with Crippen molar-refractivity contribution in [1.29, 1.82) is 0 Å². The second-order valence-corrected chi connectivity index (χ2v) is 5.92. The number of rotatable bonds is 5. The Kier molecular flexibility index (Phi) is 4.79. The van der Waals surface area contributed by atoms with Crippen molar-refractivity contribution >= 4 is 22.5 Å². The van der Waals surface area contributed by atoms with E-state index in [0.717, 1.165) is 22.0 Å². The third kappa shape index (κ3) is 3.61. The first-order chi connectivity index (χ1) is 12.4. The van der Waals surface area contributed by atoms with Crippen LogP contribution in [0.5, 0.6) is 11.5 Å². The van der Waals surface area contributed by atoms with E-state index < -0.39 is 6.61 Å². The molecule has 0 aliphatic rings. The molecule has 0 aliphatic heterocycles. The van der Waals surface area contributed by atoms with Crippen LogP contribution in [0.15, 0.2) is 36.4 Å². The predicted octanol–water partition coefficient (Wildman–Crippen LogP) is 4.65. The fourth-order valence-electron chi connectivity index (χ4n) is 2.86. The number of amides is 1. The second-order valence-electron chi connectivity index (χ2n) is 5.92. The first-order valence-corrected chi connectivity index (χ1v) is 7.91. The number of methoxy groups -OCH3 is 1. The van der Waals surface area contributed by atoms with Crippen LogP contribution in [0.3, 0.4) is 0 Å². The quantitative estimate of drug-likeness (QED) is 0.696. The van der Waals surface area contributed by atoms with E-state index in [4.69, 9.17) is 4.74 Å². The minimum atomic E-state index is -2.99. The van der Waals surface area contributed by atoms with Crippen LogP contribution >= 0.6 is 0 Å². The average molecular weight is 360 g/mol. The van der Waals surface area contributed by atoms with Crippen molar-refractivity contribution in [2.75, 3.05) is 12.4 Å². The van der Waals surface area contributed by atoms with Crippen molar-refractivity contribution in [3.8, 4) is 11.5 Å². The fourth-order valence-corrected chi connectivity index (χ4v) is 2.86. The second kappa shape index (κ2) is 7.03. The van der Waals surface area contributed by atoms with Crippen molar-refractivity contribution in [2.45, 2.75) is 20.5 Å². The Morgan fingerprint density at radius 2 is 1.88 bits per heavy atom. The van der Waals surface area contributed by atoms with E-state index in [1.165, 1.54) is 19.2 Å². The summed E-state index contributed by atoms with van der Waals surface area (Å²) in [5, 5.41) is 3.62. The van der Waals surface area contributed by atoms with Crippen LogP contribution in [0, 0.1) is 13.8 Å². The zero-order valence-electron chi connectivity index (χ0n) is 14.5. The number of fused-ring (bicyclic) bond motifs is 1. The molecule has 0 bridgehead atoms. The minimum Gasteiger partial charge on any atom is -0.493 e. The van der Waals surface area contributed by atoms with Gasteiger partial charge in [-0.1, -0.05) is 6.07 Å². The van der Waals surface area contributed by atoms with E-state index in [0.29, 0.717) is 11.4 Å². The largest absolute Gasteiger partial charge is 0.493 e. The number of carbonyl (C=O) groups excluding carboxylic acids is 1. The SMILES string of the molecule is COc1ccc(NC(=O)c2cc3c(C)cc(C)cc3[nH]2)cc1OC(F)F. The summed E-state index contributed by atoms with van der Waals surface area (Å²) >= 11 is 0. The van der Waals surface area contributed by atoms with E-state index in [1.807, 2.05) is 26.0 Å². The molecule has 3 aromatic rings. The number of aromatic nitrogens is 1. The first-order valence-electron chi connectivity index (χ1n) is 7.91. The monoisotopic (exact) mass is 360 g/mol. The van der Waals surface area contributed by atoms with E-state index >= 15 is 0 Å². The van der Waals surface area contributed by atoms with Crippen LogP contribution in [-0.2, 0) is 0 Å². The topological polar surface area (TPSA) is 63.3 Å². The summed E-state index contributed by atoms with van der Waals surface area (Å²) < 4.78 is 34.4. The third-order valence-corrected chi connectivity index (χ3v) is 3.97. The molecule has 1 amide bonds. The number of nitrogens with one attached hydrogen (secondary N) is 2. The van der Waals surface area contributed by atoms with Gasteiger partial charge in [-0.2, -0.15) is 8.78 Å². The van der Waals surface area contributed by atoms with Crippen molar-refractivity contribution in [3.63, 3.8) is 0 Å². The molecule has 0 saturated heterocycles. The standard InChI is InChI=1S/C19H18F2N2O3/c1-10-6-11(2)13-9-15(23-14(13)7-10)18(24)22-12-4-5-16(25-3)17(8-12)26-19(20)21/h4-9,19,23H,1-3H3,(H,22,24). The zero-order chi connectivity index (χ0) is 18.8. The zero-order valence-corrected chi connectivity index (χ0v) is 14.5. The van der Waals surface area contributed by atoms with Gasteiger partial charge in [0, 0.05) is 22.7 Å². The highest BCUT2D eigenvalue weighted by atomic mass is 19.3. The van der Waals surface area contributed by atoms with Crippen molar-refractivity contribution in [3.05, 3.63) is 53.2 Å². The van der Waals surface area contributed by atoms with Crippen LogP contribution in [0.1, 0.15) is 21.6 Å². The summed E-state index contributed by atoms with van der Waals surface area (Å²) in [5.74, 6) is -0.380. The third-order valence-electron chi connectivity index (χ3n) is 3.97. The molecule has 0 unspecified atom stereocenters. The number of H-pyrrole nitrogens is 1. The molecule has 7 heteroatoms. The highest BCUT2D eigenvalue weighted by molar-refractivity contribution is 6.06. The van der Waals surface area contributed by atoms with E-state index in [9.17, 15) is 13.6 Å². The Morgan fingerprint density at radius 3 is 2.58 bits per heavy atom. The average Bonchev–Trinajstić information content (AvgIpc) is 2.99. The minimum absolute atomic E-state index is 0.150. The number of anilines is 1. The molecule has 0 spiro atoms. The lowest BCUT2D eigenvalue weighted by Crippen LogP contribution is -2.12. The summed E-state index contributed by atoms with van der Waals surface area (Å²) in [6, 6.07) is 10.1. The number of hydrogen-bond acceptors (Lipinski definition) is 3. The number of aryl methyl sites for hydroxylation is 2. The molecule has 26 heavy (non-hydrogen) atoms. The van der Waals surface area contributed by atoms with Crippen LogP contribution < -0.4 is 14.8 Å². The number of carbonyl (C=O) groups is 1. The molecule has 0 fully saturated rings. The number of benzene rings is 2. The maximum atomic E-state index is 12.5. The molecule has 1 heterocycles. The molecule has 3 rings (SSSR count). The molecule has 0 aliphatic carbocycles. The summed E-state index contributed by atoms with van der Waals surface area (Å²) in [7, 11) is 1.35. The van der Waals surface area contributed by atoms with Crippen LogP contribution in [0.25, 0.3) is 10.9 Å². The van der Waals surface area contributed by atoms with E-state index in [1.54, 1.807) is 12.1 Å². The Morgan fingerprint density at radius 1 is 1.12 bits per heavy atom. The number of ether oxygens (including phenoxy) is 2. The fraction of sp³-hybridized carbons (Fsp3) is 0.211. The van der Waals surface area contributed by atoms with Crippen molar-refractivity contribution in [1.82, 2.24) is 4.98 Å². The summed E-state index contributed by atoms with van der Waals surface area (Å²) in [5.41, 5.74) is 3.71. The van der Waals surface area contributed by atoms with Gasteiger partial charge in [-0.15, -0.1) is 0 Å². The molecule has 0 atom stereocenters. The Hall–Kier alpha value is -3.09. The maximum Gasteiger partial charge on any atom is 0.387 e. The van der Waals surface area contributed by atoms with Gasteiger partial charge in [-0.05, 0) is 49.2 Å². The number of aromatic amines is 1. The molecule has 5 nitrogen and oxygen atoms in total. The van der Waals surface area contributed by atoms with Gasteiger partial charge in [0.25, 0.3) is 5.91 Å². The lowest BCUT2D eigenvalue weighted by atomic mass is 10.1. The van der Waals surface area contributed by atoms with Crippen LogP contribution in [0.4, 0.5) is 14.5 Å². The highest BCUT2D eigenvalue weighted by Crippen LogP contribution is 2.31. The van der Waals surface area contributed by atoms with Gasteiger partial charge >= 0.3 is 6.61 Å². The molecule has 1 aromatic heterocycles. The van der Waals surface area contributed by atoms with Gasteiger partial charge in [0.1, 0.15) is 5.69 Å². The van der Waals surface area contributed by atoms with Gasteiger partial charge in [0.05, 0.1) is 7.11 Å². The van der Waals surface area contributed by atoms with Gasteiger partial charge in [-0.3, -0.25) is 4.79 Å². The molecule has 0 radical (unpaired) electrons. The molecule has 0 saturated carbocycles. The van der Waals surface area contributed by atoms with E-state index in [-0.39, 0.29) is 17.4 Å². The van der Waals surface area contributed by atoms with E-state index in [2.05, 4.69) is 15.0 Å². The smallest absolute Gasteiger partial charge is 0.387 e. The molecule has 136 valence electrons. The number of alkyl halides is 2.